The first-order valence-electron chi connectivity index (χ1n) is 10.3. The summed E-state index contributed by atoms with van der Waals surface area (Å²) in [6.45, 7) is 3.61. The van der Waals surface area contributed by atoms with Crippen molar-refractivity contribution in [3.63, 3.8) is 0 Å². The normalized spacial score (nSPS) is 10.7. The molecule has 32 heavy (non-hydrogen) atoms. The molecule has 0 bridgehead atoms. The van der Waals surface area contributed by atoms with Gasteiger partial charge in [0.25, 0.3) is 5.56 Å². The van der Waals surface area contributed by atoms with Crippen LogP contribution < -0.4 is 15.6 Å². The van der Waals surface area contributed by atoms with Crippen molar-refractivity contribution >= 4 is 5.91 Å². The minimum Gasteiger partial charge on any atom is -0.491 e. The first kappa shape index (κ1) is 23.1. The first-order valence-corrected chi connectivity index (χ1v) is 10.3. The number of nitrogens with one attached hydrogen (secondary N) is 2. The van der Waals surface area contributed by atoms with Gasteiger partial charge in [-0.1, -0.05) is 18.2 Å². The van der Waals surface area contributed by atoms with Gasteiger partial charge in [0.2, 0.25) is 5.91 Å². The molecule has 168 valence electrons. The third-order valence-corrected chi connectivity index (χ3v) is 4.62. The van der Waals surface area contributed by atoms with Crippen LogP contribution in [0.1, 0.15) is 24.6 Å². The minimum atomic E-state index is -0.408. The number of H-pyrrole nitrogens is 1. The van der Waals surface area contributed by atoms with Gasteiger partial charge < -0.3 is 19.8 Å². The maximum atomic E-state index is 13.6. The van der Waals surface area contributed by atoms with E-state index in [9.17, 15) is 14.0 Å². The van der Waals surface area contributed by atoms with Crippen molar-refractivity contribution in [1.82, 2.24) is 20.5 Å². The lowest BCUT2D eigenvalue weighted by atomic mass is 10.2. The van der Waals surface area contributed by atoms with E-state index in [0.717, 1.165) is 0 Å². The van der Waals surface area contributed by atoms with Gasteiger partial charge in [0, 0.05) is 37.1 Å². The molecule has 0 aliphatic rings. The van der Waals surface area contributed by atoms with Crippen LogP contribution in [0.25, 0.3) is 11.4 Å². The predicted octanol–water partition coefficient (Wildman–Crippen LogP) is 2.64. The van der Waals surface area contributed by atoms with Gasteiger partial charge in [0.15, 0.2) is 5.82 Å². The molecule has 3 aromatic rings. The Morgan fingerprint density at radius 1 is 1.09 bits per heavy atom. The van der Waals surface area contributed by atoms with Gasteiger partial charge in [0.05, 0.1) is 6.61 Å². The molecule has 0 atom stereocenters. The summed E-state index contributed by atoms with van der Waals surface area (Å²) in [4.78, 5) is 27.1. The quantitative estimate of drug-likeness (QED) is 0.444. The average Bonchev–Trinajstić information content (AvgIpc) is 2.81. The third-order valence-electron chi connectivity index (χ3n) is 4.62. The Labute approximate surface area is 184 Å². The maximum Gasteiger partial charge on any atom is 0.273 e. The number of aryl methyl sites for hydroxylation is 1. The van der Waals surface area contributed by atoms with Crippen LogP contribution in [0.5, 0.6) is 5.75 Å². The number of ether oxygens (including phenoxy) is 2. The fourth-order valence-corrected chi connectivity index (χ4v) is 2.88. The molecule has 2 aromatic carbocycles. The summed E-state index contributed by atoms with van der Waals surface area (Å²) in [5.74, 6) is 0.319. The summed E-state index contributed by atoms with van der Waals surface area (Å²) >= 11 is 0. The molecule has 0 fully saturated rings. The van der Waals surface area contributed by atoms with E-state index in [1.807, 2.05) is 6.92 Å². The van der Waals surface area contributed by atoms with Crippen molar-refractivity contribution in [2.24, 2.45) is 0 Å². The van der Waals surface area contributed by atoms with Gasteiger partial charge in [-0.2, -0.15) is 0 Å². The van der Waals surface area contributed by atoms with Crippen LogP contribution in [0.2, 0.25) is 0 Å². The van der Waals surface area contributed by atoms with Crippen LogP contribution in [-0.4, -0.2) is 40.9 Å². The highest BCUT2D eigenvalue weighted by Gasteiger charge is 2.10. The highest BCUT2D eigenvalue weighted by atomic mass is 19.1. The number of nitrogens with zero attached hydrogens (tertiary/aromatic N) is 2. The van der Waals surface area contributed by atoms with Crippen molar-refractivity contribution in [3.05, 3.63) is 76.0 Å². The van der Waals surface area contributed by atoms with E-state index in [1.54, 1.807) is 42.5 Å². The highest BCUT2D eigenvalue weighted by molar-refractivity contribution is 5.76. The van der Waals surface area contributed by atoms with Crippen molar-refractivity contribution in [1.29, 1.82) is 0 Å². The zero-order chi connectivity index (χ0) is 22.8. The lowest BCUT2D eigenvalue weighted by Gasteiger charge is -2.07. The van der Waals surface area contributed by atoms with Crippen LogP contribution in [0.15, 0.2) is 53.3 Å². The van der Waals surface area contributed by atoms with Crippen LogP contribution >= 0.6 is 0 Å². The smallest absolute Gasteiger partial charge is 0.273 e. The lowest BCUT2D eigenvalue weighted by molar-refractivity contribution is -0.121. The first-order chi connectivity index (χ1) is 15.6. The number of aromatic amines is 1. The average molecular weight is 440 g/mol. The summed E-state index contributed by atoms with van der Waals surface area (Å²) in [6, 6.07) is 13.3. The number of amides is 1. The van der Waals surface area contributed by atoms with Gasteiger partial charge in [-0.3, -0.25) is 9.59 Å². The van der Waals surface area contributed by atoms with Crippen LogP contribution in [0.4, 0.5) is 4.39 Å². The standard InChI is InChI=1S/C23H25FN4O4/c1-2-31-13-14-32-18-9-7-16(8-10-18)22-26-23(30)20(27-28-22)11-12-21(29)25-15-17-5-3-4-6-19(17)24/h3-10H,2,11-15H2,1H3,(H,25,29)(H,26,28,30). The Hall–Kier alpha value is -3.59. The van der Waals surface area contributed by atoms with Gasteiger partial charge in [-0.25, -0.2) is 4.39 Å². The molecular formula is C23H25FN4O4. The molecule has 0 aliphatic carbocycles. The summed E-state index contributed by atoms with van der Waals surface area (Å²) in [5.41, 5.74) is 0.828. The Morgan fingerprint density at radius 3 is 2.59 bits per heavy atom. The van der Waals surface area contributed by atoms with E-state index in [-0.39, 0.29) is 36.8 Å². The van der Waals surface area contributed by atoms with E-state index in [4.69, 9.17) is 9.47 Å². The maximum absolute atomic E-state index is 13.6. The van der Waals surface area contributed by atoms with Crippen LogP contribution in [0, 0.1) is 5.82 Å². The predicted molar refractivity (Wildman–Crippen MR) is 117 cm³/mol. The summed E-state index contributed by atoms with van der Waals surface area (Å²) in [6.07, 6.45) is 0.164. The van der Waals surface area contributed by atoms with Crippen LogP contribution in [-0.2, 0) is 22.5 Å². The number of carbonyl (C=O) groups excluding carboxylic acids is 1. The monoisotopic (exact) mass is 440 g/mol. The number of benzene rings is 2. The van der Waals surface area contributed by atoms with E-state index in [1.165, 1.54) is 6.07 Å². The Bertz CT molecular complexity index is 1090. The second-order valence-corrected chi connectivity index (χ2v) is 6.89. The highest BCUT2D eigenvalue weighted by Crippen LogP contribution is 2.18. The Kier molecular flexibility index (Phi) is 8.44. The number of rotatable bonds is 11. The molecular weight excluding hydrogens is 415 g/mol. The molecule has 0 unspecified atom stereocenters. The lowest BCUT2D eigenvalue weighted by Crippen LogP contribution is -2.25. The molecule has 9 heteroatoms. The fraction of sp³-hybridized carbons (Fsp3) is 0.304. The Balaban J connectivity index is 1.52. The Morgan fingerprint density at radius 2 is 1.88 bits per heavy atom. The molecule has 0 saturated carbocycles. The molecule has 0 saturated heterocycles. The van der Waals surface area contributed by atoms with E-state index in [0.29, 0.717) is 42.5 Å². The SMILES string of the molecule is CCOCCOc1ccc(-c2nnc(CCC(=O)NCc3ccccc3F)c(=O)[nH]2)cc1. The summed E-state index contributed by atoms with van der Waals surface area (Å²) < 4.78 is 24.4. The minimum absolute atomic E-state index is 0.0410. The number of hydrogen-bond donors (Lipinski definition) is 2. The number of halogens is 1. The molecule has 0 aliphatic heterocycles. The molecule has 0 spiro atoms. The second kappa shape index (κ2) is 11.7. The van der Waals surface area contributed by atoms with Crippen molar-refractivity contribution in [2.45, 2.75) is 26.3 Å². The molecule has 3 rings (SSSR count). The van der Waals surface area contributed by atoms with Crippen molar-refractivity contribution < 1.29 is 18.7 Å². The molecule has 1 heterocycles. The molecule has 2 N–H and O–H groups in total. The zero-order valence-corrected chi connectivity index (χ0v) is 17.8. The van der Waals surface area contributed by atoms with E-state index >= 15 is 0 Å². The van der Waals surface area contributed by atoms with E-state index in [2.05, 4.69) is 20.5 Å². The topological polar surface area (TPSA) is 106 Å². The van der Waals surface area contributed by atoms with Crippen LogP contribution in [0.3, 0.4) is 0 Å². The number of hydrogen-bond acceptors (Lipinski definition) is 6. The van der Waals surface area contributed by atoms with Crippen molar-refractivity contribution in [2.75, 3.05) is 19.8 Å². The van der Waals surface area contributed by atoms with Gasteiger partial charge >= 0.3 is 0 Å². The summed E-state index contributed by atoms with van der Waals surface area (Å²) in [7, 11) is 0. The zero-order valence-electron chi connectivity index (χ0n) is 17.8. The largest absolute Gasteiger partial charge is 0.491 e. The number of aromatic nitrogens is 3. The van der Waals surface area contributed by atoms with Gasteiger partial charge in [-0.15, -0.1) is 10.2 Å². The molecule has 1 aromatic heterocycles. The fourth-order valence-electron chi connectivity index (χ4n) is 2.88. The molecule has 8 nitrogen and oxygen atoms in total. The van der Waals surface area contributed by atoms with Gasteiger partial charge in [0.1, 0.15) is 23.9 Å². The van der Waals surface area contributed by atoms with E-state index < -0.39 is 5.56 Å². The molecule has 1 amide bonds. The molecule has 0 radical (unpaired) electrons. The van der Waals surface area contributed by atoms with Gasteiger partial charge in [-0.05, 0) is 37.3 Å². The number of carbonyl (C=O) groups is 1. The second-order valence-electron chi connectivity index (χ2n) is 6.89. The third kappa shape index (κ3) is 6.71. The summed E-state index contributed by atoms with van der Waals surface area (Å²) in [5, 5.41) is 10.7. The van der Waals surface area contributed by atoms with Crippen molar-refractivity contribution in [3.8, 4) is 17.1 Å².